The molecule has 0 aromatic carbocycles. The second-order valence-corrected chi connectivity index (χ2v) is 7.33. The van der Waals surface area contributed by atoms with Crippen LogP contribution < -0.4 is 4.72 Å². The lowest BCUT2D eigenvalue weighted by Crippen LogP contribution is -2.26. The highest BCUT2D eigenvalue weighted by Gasteiger charge is 2.23. The summed E-state index contributed by atoms with van der Waals surface area (Å²) in [5.41, 5.74) is 2.65. The maximum atomic E-state index is 12.7. The largest absolute Gasteiger partial charge is 0.264 e. The van der Waals surface area contributed by atoms with Crippen LogP contribution in [0.1, 0.15) is 24.0 Å². The Bertz CT molecular complexity index is 844. The summed E-state index contributed by atoms with van der Waals surface area (Å²) in [6.07, 6.45) is 12.8. The monoisotopic (exact) mass is 341 g/mol. The molecule has 0 bridgehead atoms. The van der Waals surface area contributed by atoms with Gasteiger partial charge in [-0.25, -0.2) is 13.1 Å². The van der Waals surface area contributed by atoms with Gasteiger partial charge in [0.1, 0.15) is 0 Å². The zero-order valence-corrected chi connectivity index (χ0v) is 14.0. The van der Waals surface area contributed by atoms with Gasteiger partial charge in [0.15, 0.2) is 0 Å². The number of allylic oxidation sites excluding steroid dienone is 3. The van der Waals surface area contributed by atoms with Crippen LogP contribution in [-0.2, 0) is 23.0 Å². The molecule has 3 rings (SSSR count). The van der Waals surface area contributed by atoms with Crippen molar-refractivity contribution >= 4 is 10.0 Å². The summed E-state index contributed by atoms with van der Waals surface area (Å²) in [5.74, 6) is 0. The molecule has 0 fully saturated rings. The predicted molar refractivity (Wildman–Crippen MR) is 93.3 cm³/mol. The van der Waals surface area contributed by atoms with Gasteiger partial charge >= 0.3 is 0 Å². The minimum absolute atomic E-state index is 0.230. The highest BCUT2D eigenvalue weighted by molar-refractivity contribution is 7.93. The van der Waals surface area contributed by atoms with Crippen molar-refractivity contribution in [1.29, 1.82) is 0 Å². The summed E-state index contributed by atoms with van der Waals surface area (Å²) >= 11 is 0. The van der Waals surface area contributed by atoms with Gasteiger partial charge in [-0.15, -0.1) is 0 Å². The van der Waals surface area contributed by atoms with Crippen molar-refractivity contribution in [1.82, 2.24) is 14.7 Å². The molecule has 1 aliphatic carbocycles. The molecule has 2 heterocycles. The van der Waals surface area contributed by atoms with Crippen LogP contribution in [0, 0.1) is 0 Å². The van der Waals surface area contributed by atoms with Crippen molar-refractivity contribution in [2.24, 2.45) is 0 Å². The third-order valence-electron chi connectivity index (χ3n) is 3.80. The molecule has 1 aliphatic rings. The second-order valence-electron chi connectivity index (χ2n) is 5.60. The lowest BCUT2D eigenvalue weighted by atomic mass is 10.0. The predicted octanol–water partition coefficient (Wildman–Crippen LogP) is 2.74. The molecule has 2 aromatic rings. The SMILES string of the molecule is O=S(=O)(NCc1cccnc1)C1=CCCC=C1Cc1cccnc1. The average molecular weight is 341 g/mol. The molecule has 0 amide bonds. The van der Waals surface area contributed by atoms with Crippen LogP contribution >= 0.6 is 0 Å². The Kier molecular flexibility index (Phi) is 5.17. The first-order valence-electron chi connectivity index (χ1n) is 7.82. The minimum Gasteiger partial charge on any atom is -0.264 e. The first kappa shape index (κ1) is 16.5. The van der Waals surface area contributed by atoms with Crippen LogP contribution in [0.25, 0.3) is 0 Å². The molecule has 0 saturated heterocycles. The molecule has 0 radical (unpaired) electrons. The molecular formula is C18H19N3O2S. The molecule has 0 aliphatic heterocycles. The first-order valence-corrected chi connectivity index (χ1v) is 9.30. The van der Waals surface area contributed by atoms with Gasteiger partial charge in [0.05, 0.1) is 4.91 Å². The molecule has 0 unspecified atom stereocenters. The molecule has 6 heteroatoms. The minimum atomic E-state index is -3.56. The molecule has 0 saturated carbocycles. The zero-order chi connectivity index (χ0) is 16.8. The number of sulfonamides is 1. The van der Waals surface area contributed by atoms with Gasteiger partial charge in [-0.2, -0.15) is 0 Å². The Hall–Kier alpha value is -2.31. The highest BCUT2D eigenvalue weighted by atomic mass is 32.2. The van der Waals surface area contributed by atoms with Gasteiger partial charge < -0.3 is 0 Å². The highest BCUT2D eigenvalue weighted by Crippen LogP contribution is 2.26. The van der Waals surface area contributed by atoms with Crippen LogP contribution in [-0.4, -0.2) is 18.4 Å². The molecular weight excluding hydrogens is 322 g/mol. The number of pyridine rings is 2. The molecule has 0 spiro atoms. The fourth-order valence-corrected chi connectivity index (χ4v) is 3.98. The number of hydrogen-bond donors (Lipinski definition) is 1. The van der Waals surface area contributed by atoms with E-state index < -0.39 is 10.0 Å². The van der Waals surface area contributed by atoms with E-state index in [9.17, 15) is 8.42 Å². The van der Waals surface area contributed by atoms with Crippen molar-refractivity contribution in [2.45, 2.75) is 25.8 Å². The summed E-state index contributed by atoms with van der Waals surface area (Å²) in [7, 11) is -3.56. The summed E-state index contributed by atoms with van der Waals surface area (Å²) in [6, 6.07) is 7.45. The van der Waals surface area contributed by atoms with Crippen LogP contribution in [0.5, 0.6) is 0 Å². The topological polar surface area (TPSA) is 72.0 Å². The smallest absolute Gasteiger partial charge is 0.240 e. The van der Waals surface area contributed by atoms with Crippen molar-refractivity contribution in [2.75, 3.05) is 0 Å². The number of nitrogens with zero attached hydrogens (tertiary/aromatic N) is 2. The maximum Gasteiger partial charge on any atom is 0.240 e. The summed E-state index contributed by atoms with van der Waals surface area (Å²) in [5, 5.41) is 0. The van der Waals surface area contributed by atoms with Gasteiger partial charge in [-0.3, -0.25) is 9.97 Å². The lowest BCUT2D eigenvalue weighted by molar-refractivity contribution is 0.587. The van der Waals surface area contributed by atoms with E-state index >= 15 is 0 Å². The average Bonchev–Trinajstić information content (AvgIpc) is 2.62. The standard InChI is InChI=1S/C18H19N3O2S/c22-24(23,21-14-16-6-4-10-20-13-16)18-8-2-1-7-17(18)11-15-5-3-9-19-12-15/h3-10,12-13,21H,1-2,11,14H2. The van der Waals surface area contributed by atoms with Gasteiger partial charge in [-0.1, -0.05) is 24.3 Å². The van der Waals surface area contributed by atoms with Crippen molar-refractivity contribution in [3.05, 3.63) is 82.8 Å². The molecule has 2 aromatic heterocycles. The van der Waals surface area contributed by atoms with E-state index in [2.05, 4.69) is 14.7 Å². The first-order chi connectivity index (χ1) is 11.6. The van der Waals surface area contributed by atoms with E-state index in [0.29, 0.717) is 11.3 Å². The van der Waals surface area contributed by atoms with Crippen LogP contribution in [0.2, 0.25) is 0 Å². The Morgan fingerprint density at radius 1 is 0.958 bits per heavy atom. The van der Waals surface area contributed by atoms with E-state index in [1.165, 1.54) is 0 Å². The third-order valence-corrected chi connectivity index (χ3v) is 5.33. The quantitative estimate of drug-likeness (QED) is 0.877. The molecule has 5 nitrogen and oxygen atoms in total. The van der Waals surface area contributed by atoms with Gasteiger partial charge in [0.2, 0.25) is 10.0 Å². The van der Waals surface area contributed by atoms with Crippen LogP contribution in [0.15, 0.2) is 71.7 Å². The van der Waals surface area contributed by atoms with E-state index in [1.807, 2.05) is 24.3 Å². The number of rotatable bonds is 6. The zero-order valence-electron chi connectivity index (χ0n) is 13.2. The normalized spacial score (nSPS) is 14.8. The second kappa shape index (κ2) is 7.51. The van der Waals surface area contributed by atoms with Gasteiger partial charge in [0.25, 0.3) is 0 Å². The summed E-state index contributed by atoms with van der Waals surface area (Å²) in [6.45, 7) is 0.230. The Labute approximate surface area is 142 Å². The number of aromatic nitrogens is 2. The van der Waals surface area contributed by atoms with Gasteiger partial charge in [0, 0.05) is 31.3 Å². The molecule has 124 valence electrons. The number of nitrogens with one attached hydrogen (secondary N) is 1. The van der Waals surface area contributed by atoms with E-state index in [0.717, 1.165) is 29.5 Å². The summed E-state index contributed by atoms with van der Waals surface area (Å²) in [4.78, 5) is 8.47. The van der Waals surface area contributed by atoms with Gasteiger partial charge in [-0.05, 0) is 48.1 Å². The van der Waals surface area contributed by atoms with Crippen molar-refractivity contribution in [3.63, 3.8) is 0 Å². The Balaban J connectivity index is 1.75. The van der Waals surface area contributed by atoms with E-state index in [4.69, 9.17) is 0 Å². The van der Waals surface area contributed by atoms with Crippen LogP contribution in [0.4, 0.5) is 0 Å². The molecule has 1 N–H and O–H groups in total. The Morgan fingerprint density at radius 2 is 1.62 bits per heavy atom. The Morgan fingerprint density at radius 3 is 2.29 bits per heavy atom. The molecule has 24 heavy (non-hydrogen) atoms. The van der Waals surface area contributed by atoms with E-state index in [1.54, 1.807) is 36.9 Å². The van der Waals surface area contributed by atoms with E-state index in [-0.39, 0.29) is 6.54 Å². The summed E-state index contributed by atoms with van der Waals surface area (Å²) < 4.78 is 28.1. The lowest BCUT2D eigenvalue weighted by Gasteiger charge is -2.17. The molecule has 0 atom stereocenters. The van der Waals surface area contributed by atoms with Crippen molar-refractivity contribution in [3.8, 4) is 0 Å². The maximum absolute atomic E-state index is 12.7. The van der Waals surface area contributed by atoms with Crippen LogP contribution in [0.3, 0.4) is 0 Å². The number of hydrogen-bond acceptors (Lipinski definition) is 4. The fraction of sp³-hybridized carbons (Fsp3) is 0.222. The van der Waals surface area contributed by atoms with Crippen molar-refractivity contribution < 1.29 is 8.42 Å². The fourth-order valence-electron chi connectivity index (χ4n) is 2.63. The third kappa shape index (κ3) is 4.15.